The number of nitrogens with zero attached hydrogens (tertiary/aromatic N) is 1. The van der Waals surface area contributed by atoms with Gasteiger partial charge in [-0.3, -0.25) is 0 Å². The van der Waals surface area contributed by atoms with Crippen LogP contribution in [0.1, 0.15) is 54.2 Å². The Morgan fingerprint density at radius 2 is 2.10 bits per heavy atom. The highest BCUT2D eigenvalue weighted by atomic mass is 79.9. The minimum atomic E-state index is 0.109. The Morgan fingerprint density at radius 3 is 2.55 bits per heavy atom. The molecule has 20 heavy (non-hydrogen) atoms. The van der Waals surface area contributed by atoms with Crippen molar-refractivity contribution < 1.29 is 0 Å². The van der Waals surface area contributed by atoms with E-state index in [0.29, 0.717) is 0 Å². The third kappa shape index (κ3) is 3.50. The number of hydrogen-bond donors (Lipinski definition) is 1. The third-order valence-electron chi connectivity index (χ3n) is 3.11. The lowest BCUT2D eigenvalue weighted by Gasteiger charge is -2.16. The number of halogens is 1. The summed E-state index contributed by atoms with van der Waals surface area (Å²) < 4.78 is 1.19. The quantitative estimate of drug-likeness (QED) is 0.790. The third-order valence-corrected chi connectivity index (χ3v) is 6.22. The minimum absolute atomic E-state index is 0.109. The molecule has 2 aromatic rings. The molecule has 2 aromatic heterocycles. The predicted molar refractivity (Wildman–Crippen MR) is 93.1 cm³/mol. The number of hydrogen-bond acceptors (Lipinski definition) is 4. The van der Waals surface area contributed by atoms with Gasteiger partial charge in [0.05, 0.1) is 11.7 Å². The summed E-state index contributed by atoms with van der Waals surface area (Å²) in [6.45, 7) is 11.8. The van der Waals surface area contributed by atoms with Crippen molar-refractivity contribution in [2.75, 3.05) is 6.54 Å². The first kappa shape index (κ1) is 16.1. The molecule has 0 aliphatic rings. The van der Waals surface area contributed by atoms with Crippen LogP contribution in [-0.4, -0.2) is 11.5 Å². The molecular formula is C15H21BrN2S2. The highest BCUT2D eigenvalue weighted by Crippen LogP contribution is 2.36. The molecular weight excluding hydrogens is 352 g/mol. The van der Waals surface area contributed by atoms with Crippen LogP contribution in [0.2, 0.25) is 0 Å². The van der Waals surface area contributed by atoms with Crippen LogP contribution in [0.3, 0.4) is 0 Å². The first-order valence-corrected chi connectivity index (χ1v) is 9.27. The average Bonchev–Trinajstić information content (AvgIpc) is 2.94. The van der Waals surface area contributed by atoms with Crippen LogP contribution >= 0.6 is 38.6 Å². The molecule has 0 aliphatic heterocycles. The summed E-state index contributed by atoms with van der Waals surface area (Å²) in [6.07, 6.45) is 0. The summed E-state index contributed by atoms with van der Waals surface area (Å²) >= 11 is 7.19. The van der Waals surface area contributed by atoms with Crippen molar-refractivity contribution >= 4 is 38.6 Å². The first-order chi connectivity index (χ1) is 9.32. The molecule has 0 amide bonds. The molecule has 5 heteroatoms. The van der Waals surface area contributed by atoms with Crippen LogP contribution in [0, 0.1) is 6.92 Å². The SMILES string of the molecule is CCNC(c1cc(Br)c(C)s1)c1nc(C(C)(C)C)cs1. The maximum Gasteiger partial charge on any atom is 0.115 e. The standard InChI is InChI=1S/C15H21BrN2S2/c1-6-17-13(11-7-10(16)9(2)20-11)14-18-12(8-19-14)15(3,4)5/h7-8,13,17H,6H2,1-5H3. The van der Waals surface area contributed by atoms with Gasteiger partial charge in [0.25, 0.3) is 0 Å². The maximum absolute atomic E-state index is 4.86. The molecule has 0 bridgehead atoms. The van der Waals surface area contributed by atoms with Crippen LogP contribution in [0.25, 0.3) is 0 Å². The smallest absolute Gasteiger partial charge is 0.115 e. The highest BCUT2D eigenvalue weighted by molar-refractivity contribution is 9.10. The van der Waals surface area contributed by atoms with Gasteiger partial charge in [-0.15, -0.1) is 22.7 Å². The topological polar surface area (TPSA) is 24.9 Å². The van der Waals surface area contributed by atoms with E-state index in [4.69, 9.17) is 4.98 Å². The van der Waals surface area contributed by atoms with Crippen LogP contribution in [0.15, 0.2) is 15.9 Å². The van der Waals surface area contributed by atoms with Gasteiger partial charge < -0.3 is 5.32 Å². The van der Waals surface area contributed by atoms with Gasteiger partial charge in [-0.1, -0.05) is 27.7 Å². The summed E-state index contributed by atoms with van der Waals surface area (Å²) in [6, 6.07) is 2.42. The lowest BCUT2D eigenvalue weighted by molar-refractivity contribution is 0.563. The molecule has 2 rings (SSSR count). The Balaban J connectivity index is 2.36. The van der Waals surface area contributed by atoms with Crippen molar-refractivity contribution in [2.24, 2.45) is 0 Å². The van der Waals surface area contributed by atoms with Gasteiger partial charge in [0, 0.05) is 25.0 Å². The van der Waals surface area contributed by atoms with Gasteiger partial charge in [-0.05, 0) is 35.5 Å². The van der Waals surface area contributed by atoms with Crippen LogP contribution in [0.4, 0.5) is 0 Å². The molecule has 1 atom stereocenters. The van der Waals surface area contributed by atoms with Gasteiger partial charge in [0.2, 0.25) is 0 Å². The Labute approximate surface area is 137 Å². The molecule has 2 heterocycles. The zero-order valence-corrected chi connectivity index (χ0v) is 15.8. The van der Waals surface area contributed by atoms with Crippen molar-refractivity contribution in [3.8, 4) is 0 Å². The number of thiophene rings is 1. The zero-order valence-electron chi connectivity index (χ0n) is 12.6. The van der Waals surface area contributed by atoms with E-state index in [-0.39, 0.29) is 11.5 Å². The molecule has 110 valence electrons. The fourth-order valence-electron chi connectivity index (χ4n) is 1.90. The van der Waals surface area contributed by atoms with E-state index in [0.717, 1.165) is 11.6 Å². The molecule has 0 radical (unpaired) electrons. The Hall–Kier alpha value is -0.230. The van der Waals surface area contributed by atoms with Gasteiger partial charge in [0.1, 0.15) is 5.01 Å². The van der Waals surface area contributed by atoms with E-state index in [1.165, 1.54) is 19.9 Å². The largest absolute Gasteiger partial charge is 0.304 e. The van der Waals surface area contributed by atoms with Crippen molar-refractivity contribution in [3.63, 3.8) is 0 Å². The summed E-state index contributed by atoms with van der Waals surface area (Å²) in [5.41, 5.74) is 1.28. The van der Waals surface area contributed by atoms with Gasteiger partial charge in [-0.2, -0.15) is 0 Å². The highest BCUT2D eigenvalue weighted by Gasteiger charge is 2.23. The molecule has 2 nitrogen and oxygen atoms in total. The Morgan fingerprint density at radius 1 is 1.40 bits per heavy atom. The normalized spacial score (nSPS) is 13.7. The monoisotopic (exact) mass is 372 g/mol. The van der Waals surface area contributed by atoms with E-state index in [9.17, 15) is 0 Å². The second-order valence-corrected chi connectivity index (χ2v) is 8.90. The first-order valence-electron chi connectivity index (χ1n) is 6.78. The Kier molecular flexibility index (Phi) is 5.05. The minimum Gasteiger partial charge on any atom is -0.304 e. The fraction of sp³-hybridized carbons (Fsp3) is 0.533. The second kappa shape index (κ2) is 6.26. The molecule has 0 spiro atoms. The van der Waals surface area contributed by atoms with E-state index >= 15 is 0 Å². The zero-order chi connectivity index (χ0) is 14.9. The number of rotatable bonds is 4. The molecule has 1 unspecified atom stereocenters. The van der Waals surface area contributed by atoms with E-state index in [2.05, 4.69) is 67.3 Å². The van der Waals surface area contributed by atoms with Crippen molar-refractivity contribution in [2.45, 2.75) is 46.1 Å². The Bertz CT molecular complexity index is 561. The summed E-state index contributed by atoms with van der Waals surface area (Å²) in [5.74, 6) is 0. The number of aryl methyl sites for hydroxylation is 1. The van der Waals surface area contributed by atoms with Gasteiger partial charge in [0.15, 0.2) is 0 Å². The molecule has 1 N–H and O–H groups in total. The summed E-state index contributed by atoms with van der Waals surface area (Å²) in [4.78, 5) is 7.50. The second-order valence-electron chi connectivity index (χ2n) is 5.86. The number of aromatic nitrogens is 1. The molecule has 0 saturated heterocycles. The maximum atomic E-state index is 4.86. The van der Waals surface area contributed by atoms with Crippen LogP contribution < -0.4 is 5.32 Å². The molecule has 0 fully saturated rings. The predicted octanol–water partition coefficient (Wildman–Crippen LogP) is 5.27. The molecule has 0 aromatic carbocycles. The number of nitrogens with one attached hydrogen (secondary N) is 1. The fourth-order valence-corrected chi connectivity index (χ4v) is 4.75. The van der Waals surface area contributed by atoms with E-state index in [1.54, 1.807) is 11.3 Å². The van der Waals surface area contributed by atoms with Gasteiger partial charge >= 0.3 is 0 Å². The van der Waals surface area contributed by atoms with E-state index in [1.807, 2.05) is 11.3 Å². The summed E-state index contributed by atoms with van der Waals surface area (Å²) in [5, 5.41) is 6.91. The average molecular weight is 373 g/mol. The molecule has 0 saturated carbocycles. The number of thiazole rings is 1. The van der Waals surface area contributed by atoms with Crippen molar-refractivity contribution in [3.05, 3.63) is 36.4 Å². The lowest BCUT2D eigenvalue weighted by atomic mass is 9.93. The van der Waals surface area contributed by atoms with Crippen molar-refractivity contribution in [1.29, 1.82) is 0 Å². The van der Waals surface area contributed by atoms with Crippen LogP contribution in [-0.2, 0) is 5.41 Å². The summed E-state index contributed by atoms with van der Waals surface area (Å²) in [7, 11) is 0. The van der Waals surface area contributed by atoms with E-state index < -0.39 is 0 Å². The van der Waals surface area contributed by atoms with Gasteiger partial charge in [-0.25, -0.2) is 4.98 Å². The van der Waals surface area contributed by atoms with Crippen LogP contribution in [0.5, 0.6) is 0 Å². The van der Waals surface area contributed by atoms with Crippen molar-refractivity contribution in [1.82, 2.24) is 10.3 Å². The molecule has 0 aliphatic carbocycles. The lowest BCUT2D eigenvalue weighted by Crippen LogP contribution is -2.21.